The molecule has 1 N–H and O–H groups in total. The highest BCUT2D eigenvalue weighted by atomic mass is 16.2. The zero-order valence-electron chi connectivity index (χ0n) is 11.3. The summed E-state index contributed by atoms with van der Waals surface area (Å²) in [6.07, 6.45) is 9.07. The molecular formula is C14H24N2O2. The molecule has 0 aromatic rings. The van der Waals surface area contributed by atoms with Gasteiger partial charge in [0.25, 0.3) is 0 Å². The first-order chi connectivity index (χ1) is 8.72. The third-order valence-electron chi connectivity index (χ3n) is 4.10. The van der Waals surface area contributed by atoms with Gasteiger partial charge in [-0.05, 0) is 19.8 Å². The normalized spacial score (nSPS) is 27.4. The van der Waals surface area contributed by atoms with Crippen LogP contribution in [0.4, 0.5) is 0 Å². The Bertz CT molecular complexity index is 309. The van der Waals surface area contributed by atoms with Gasteiger partial charge < -0.3 is 5.32 Å². The highest BCUT2D eigenvalue weighted by Gasteiger charge is 2.38. The second kappa shape index (κ2) is 6.32. The Balaban J connectivity index is 1.88. The van der Waals surface area contributed by atoms with Crippen LogP contribution in [0.2, 0.25) is 0 Å². The van der Waals surface area contributed by atoms with Gasteiger partial charge in [-0.1, -0.05) is 32.1 Å². The van der Waals surface area contributed by atoms with Crippen LogP contribution in [0.1, 0.15) is 58.3 Å². The molecule has 1 unspecified atom stereocenters. The molecule has 102 valence electrons. The van der Waals surface area contributed by atoms with Gasteiger partial charge in [-0.2, -0.15) is 0 Å². The van der Waals surface area contributed by atoms with Gasteiger partial charge >= 0.3 is 0 Å². The van der Waals surface area contributed by atoms with Crippen molar-refractivity contribution in [3.05, 3.63) is 0 Å². The van der Waals surface area contributed by atoms with Crippen LogP contribution in [-0.2, 0) is 9.59 Å². The number of hydrogen-bond donors (Lipinski definition) is 1. The van der Waals surface area contributed by atoms with Crippen molar-refractivity contribution >= 4 is 11.8 Å². The highest BCUT2D eigenvalue weighted by Crippen LogP contribution is 2.20. The molecular weight excluding hydrogens is 228 g/mol. The summed E-state index contributed by atoms with van der Waals surface area (Å²) in [5, 5.41) is 3.42. The molecule has 18 heavy (non-hydrogen) atoms. The predicted molar refractivity (Wildman–Crippen MR) is 70.0 cm³/mol. The fourth-order valence-corrected chi connectivity index (χ4v) is 3.05. The van der Waals surface area contributed by atoms with E-state index in [9.17, 15) is 9.59 Å². The fourth-order valence-electron chi connectivity index (χ4n) is 3.05. The third-order valence-corrected chi connectivity index (χ3v) is 4.10. The molecule has 0 aromatic heterocycles. The molecule has 1 saturated heterocycles. The molecule has 1 aliphatic carbocycles. The molecule has 4 heteroatoms. The SMILES string of the molecule is CCN1C(=O)CC(NC2CCCCCCC2)C1=O. The van der Waals surface area contributed by atoms with Crippen LogP contribution in [0.25, 0.3) is 0 Å². The number of amides is 2. The van der Waals surface area contributed by atoms with Crippen molar-refractivity contribution in [1.29, 1.82) is 0 Å². The lowest BCUT2D eigenvalue weighted by atomic mass is 9.96. The van der Waals surface area contributed by atoms with Crippen LogP contribution in [-0.4, -0.2) is 35.3 Å². The molecule has 0 spiro atoms. The van der Waals surface area contributed by atoms with E-state index in [0.29, 0.717) is 19.0 Å². The van der Waals surface area contributed by atoms with E-state index in [2.05, 4.69) is 5.32 Å². The van der Waals surface area contributed by atoms with Gasteiger partial charge in [0.2, 0.25) is 11.8 Å². The summed E-state index contributed by atoms with van der Waals surface area (Å²) in [4.78, 5) is 25.0. The van der Waals surface area contributed by atoms with Crippen molar-refractivity contribution in [2.24, 2.45) is 0 Å². The van der Waals surface area contributed by atoms with Crippen molar-refractivity contribution in [2.75, 3.05) is 6.54 Å². The average molecular weight is 252 g/mol. The molecule has 1 heterocycles. The Hall–Kier alpha value is -0.900. The molecule has 0 radical (unpaired) electrons. The minimum absolute atomic E-state index is 0.0224. The van der Waals surface area contributed by atoms with Crippen LogP contribution < -0.4 is 5.32 Å². The van der Waals surface area contributed by atoms with E-state index in [1.54, 1.807) is 0 Å². The maximum atomic E-state index is 12.0. The Labute approximate surface area is 109 Å². The molecule has 0 bridgehead atoms. The number of nitrogens with zero attached hydrogens (tertiary/aromatic N) is 1. The molecule has 1 aliphatic heterocycles. The van der Waals surface area contributed by atoms with Crippen LogP contribution in [0.5, 0.6) is 0 Å². The van der Waals surface area contributed by atoms with Crippen LogP contribution in [0.3, 0.4) is 0 Å². The topological polar surface area (TPSA) is 49.4 Å². The third kappa shape index (κ3) is 3.10. The maximum absolute atomic E-state index is 12.0. The first-order valence-corrected chi connectivity index (χ1v) is 7.32. The summed E-state index contributed by atoms with van der Waals surface area (Å²) in [5.74, 6) is -0.0459. The van der Waals surface area contributed by atoms with Crippen molar-refractivity contribution in [3.8, 4) is 0 Å². The van der Waals surface area contributed by atoms with Crippen LogP contribution in [0, 0.1) is 0 Å². The first-order valence-electron chi connectivity index (χ1n) is 7.32. The zero-order chi connectivity index (χ0) is 13.0. The quantitative estimate of drug-likeness (QED) is 0.780. The molecule has 0 aromatic carbocycles. The summed E-state index contributed by atoms with van der Waals surface area (Å²) in [5.41, 5.74) is 0. The number of rotatable bonds is 3. The zero-order valence-corrected chi connectivity index (χ0v) is 11.3. The second-order valence-electron chi connectivity index (χ2n) is 5.44. The Morgan fingerprint density at radius 1 is 1.11 bits per heavy atom. The Morgan fingerprint density at radius 3 is 2.28 bits per heavy atom. The summed E-state index contributed by atoms with van der Waals surface area (Å²) in [6.45, 7) is 2.36. The molecule has 2 aliphatic rings. The molecule has 2 rings (SSSR count). The van der Waals surface area contributed by atoms with E-state index in [1.807, 2.05) is 6.92 Å². The van der Waals surface area contributed by atoms with E-state index in [-0.39, 0.29) is 17.9 Å². The van der Waals surface area contributed by atoms with Crippen LogP contribution in [0.15, 0.2) is 0 Å². The summed E-state index contributed by atoms with van der Waals surface area (Å²) in [6, 6.07) is 0.158. The summed E-state index contributed by atoms with van der Waals surface area (Å²) >= 11 is 0. The van der Waals surface area contributed by atoms with E-state index < -0.39 is 0 Å². The fraction of sp³-hybridized carbons (Fsp3) is 0.857. The molecule has 1 atom stereocenters. The highest BCUT2D eigenvalue weighted by molar-refractivity contribution is 6.05. The largest absolute Gasteiger partial charge is 0.303 e. The number of imide groups is 1. The van der Waals surface area contributed by atoms with Crippen molar-refractivity contribution in [2.45, 2.75) is 70.4 Å². The number of likely N-dealkylation sites (N-methyl/N-ethyl adjacent to an activating group) is 1. The van der Waals surface area contributed by atoms with Crippen molar-refractivity contribution in [3.63, 3.8) is 0 Å². The standard InChI is InChI=1S/C14H24N2O2/c1-2-16-13(17)10-12(14(16)18)15-11-8-6-4-3-5-7-9-11/h11-12,15H,2-10H2,1H3. The van der Waals surface area contributed by atoms with Crippen LogP contribution >= 0.6 is 0 Å². The molecule has 2 fully saturated rings. The van der Waals surface area contributed by atoms with Gasteiger partial charge in [0, 0.05) is 12.6 Å². The average Bonchev–Trinajstić information content (AvgIpc) is 2.57. The summed E-state index contributed by atoms with van der Waals surface area (Å²) < 4.78 is 0. The number of hydrogen-bond acceptors (Lipinski definition) is 3. The number of likely N-dealkylation sites (tertiary alicyclic amines) is 1. The number of carbonyl (C=O) groups excluding carboxylic acids is 2. The van der Waals surface area contributed by atoms with E-state index in [4.69, 9.17) is 0 Å². The lowest BCUT2D eigenvalue weighted by Crippen LogP contribution is -2.44. The smallest absolute Gasteiger partial charge is 0.246 e. The lowest BCUT2D eigenvalue weighted by molar-refractivity contribution is -0.138. The van der Waals surface area contributed by atoms with Crippen molar-refractivity contribution < 1.29 is 9.59 Å². The van der Waals surface area contributed by atoms with Gasteiger partial charge in [-0.25, -0.2) is 0 Å². The van der Waals surface area contributed by atoms with E-state index in [0.717, 1.165) is 12.8 Å². The molecule has 2 amide bonds. The van der Waals surface area contributed by atoms with Gasteiger partial charge in [0.05, 0.1) is 12.5 Å². The van der Waals surface area contributed by atoms with Gasteiger partial charge in [0.1, 0.15) is 0 Å². The minimum atomic E-state index is -0.262. The van der Waals surface area contributed by atoms with Gasteiger partial charge in [-0.15, -0.1) is 0 Å². The predicted octanol–water partition coefficient (Wildman–Crippen LogP) is 1.84. The lowest BCUT2D eigenvalue weighted by Gasteiger charge is -2.23. The number of carbonyl (C=O) groups is 2. The number of nitrogens with one attached hydrogen (secondary N) is 1. The molecule has 4 nitrogen and oxygen atoms in total. The van der Waals surface area contributed by atoms with Crippen molar-refractivity contribution in [1.82, 2.24) is 10.2 Å². The second-order valence-corrected chi connectivity index (χ2v) is 5.44. The summed E-state index contributed by atoms with van der Waals surface area (Å²) in [7, 11) is 0. The molecule has 1 saturated carbocycles. The maximum Gasteiger partial charge on any atom is 0.246 e. The Kier molecular flexibility index (Phi) is 4.75. The monoisotopic (exact) mass is 252 g/mol. The van der Waals surface area contributed by atoms with Gasteiger partial charge in [-0.3, -0.25) is 14.5 Å². The first kappa shape index (κ1) is 13.5. The van der Waals surface area contributed by atoms with Gasteiger partial charge in [0.15, 0.2) is 0 Å². The van der Waals surface area contributed by atoms with E-state index >= 15 is 0 Å². The van der Waals surface area contributed by atoms with E-state index in [1.165, 1.54) is 37.0 Å². The minimum Gasteiger partial charge on any atom is -0.303 e. The Morgan fingerprint density at radius 2 is 1.72 bits per heavy atom.